The number of halogens is 4. The highest BCUT2D eigenvalue weighted by Crippen LogP contribution is 2.41. The predicted octanol–water partition coefficient (Wildman–Crippen LogP) is 6.20. The van der Waals surface area contributed by atoms with E-state index in [2.05, 4.69) is 47.8 Å². The molecule has 5 heteroatoms. The van der Waals surface area contributed by atoms with Gasteiger partial charge in [-0.15, -0.1) is 11.3 Å². The Morgan fingerprint density at radius 2 is 2.00 bits per heavy atom. The zero-order valence-corrected chi connectivity index (χ0v) is 14.4. The Bertz CT molecular complexity index is 530. The first-order chi connectivity index (χ1) is 8.00. The maximum absolute atomic E-state index is 13.9. The molecule has 2 rings (SSSR count). The minimum Gasteiger partial charge on any atom is -0.207 e. The quantitative estimate of drug-likeness (QED) is 0.485. The van der Waals surface area contributed by atoms with Crippen LogP contribution < -0.4 is 0 Å². The molecule has 0 aliphatic rings. The lowest BCUT2D eigenvalue weighted by Crippen LogP contribution is -1.98. The second kappa shape index (κ2) is 5.51. The molecule has 0 saturated heterocycles. The molecule has 0 amide bonds. The standard InChI is InChI=1S/C12H8Br3FS/c1-6-7(5-10(14)17-6)12(15)11-8(13)3-2-4-9(11)16/h2-5,12H,1H3. The van der Waals surface area contributed by atoms with Crippen LogP contribution in [0.4, 0.5) is 4.39 Å². The molecule has 0 bridgehead atoms. The van der Waals surface area contributed by atoms with Crippen molar-refractivity contribution in [3.8, 4) is 0 Å². The molecule has 17 heavy (non-hydrogen) atoms. The van der Waals surface area contributed by atoms with E-state index in [1.807, 2.05) is 19.1 Å². The van der Waals surface area contributed by atoms with Crippen molar-refractivity contribution in [2.75, 3.05) is 0 Å². The summed E-state index contributed by atoms with van der Waals surface area (Å²) in [5, 5.41) is 0. The van der Waals surface area contributed by atoms with E-state index in [0.29, 0.717) is 5.56 Å². The van der Waals surface area contributed by atoms with Gasteiger partial charge in [-0.2, -0.15) is 0 Å². The molecule has 0 spiro atoms. The lowest BCUT2D eigenvalue weighted by molar-refractivity contribution is 0.612. The first-order valence-corrected chi connectivity index (χ1v) is 8.16. The fourth-order valence-corrected chi connectivity index (χ4v) is 5.34. The van der Waals surface area contributed by atoms with Crippen molar-refractivity contribution in [3.05, 3.63) is 54.3 Å². The fourth-order valence-electron chi connectivity index (χ4n) is 1.62. The molecule has 0 nitrogen and oxygen atoms in total. The largest absolute Gasteiger partial charge is 0.207 e. The van der Waals surface area contributed by atoms with E-state index >= 15 is 0 Å². The summed E-state index contributed by atoms with van der Waals surface area (Å²) in [6, 6.07) is 7.05. The zero-order chi connectivity index (χ0) is 12.6. The van der Waals surface area contributed by atoms with Gasteiger partial charge in [-0.3, -0.25) is 0 Å². The van der Waals surface area contributed by atoms with Gasteiger partial charge in [0.05, 0.1) is 8.61 Å². The SMILES string of the molecule is Cc1sc(Br)cc1C(Br)c1c(F)cccc1Br. The molecule has 1 unspecified atom stereocenters. The number of alkyl halides is 1. The van der Waals surface area contributed by atoms with Crippen LogP contribution in [0, 0.1) is 12.7 Å². The molecule has 0 N–H and O–H groups in total. The Kier molecular flexibility index (Phi) is 4.45. The van der Waals surface area contributed by atoms with Crippen LogP contribution in [0.5, 0.6) is 0 Å². The average Bonchev–Trinajstić information content (AvgIpc) is 2.57. The van der Waals surface area contributed by atoms with Crippen LogP contribution in [0.2, 0.25) is 0 Å². The first kappa shape index (κ1) is 13.7. The number of thiophene rings is 1. The summed E-state index contributed by atoms with van der Waals surface area (Å²) < 4.78 is 15.7. The molecular formula is C12H8Br3FS. The molecule has 1 aromatic heterocycles. The first-order valence-electron chi connectivity index (χ1n) is 4.84. The number of rotatable bonds is 2. The second-order valence-corrected chi connectivity index (χ2v) is 7.97. The summed E-state index contributed by atoms with van der Waals surface area (Å²) >= 11 is 12.1. The number of hydrogen-bond acceptors (Lipinski definition) is 1. The van der Waals surface area contributed by atoms with Crippen LogP contribution in [0.25, 0.3) is 0 Å². The van der Waals surface area contributed by atoms with E-state index in [9.17, 15) is 4.39 Å². The molecule has 90 valence electrons. The molecular weight excluding hydrogens is 435 g/mol. The van der Waals surface area contributed by atoms with Crippen LogP contribution in [-0.4, -0.2) is 0 Å². The van der Waals surface area contributed by atoms with Crippen LogP contribution in [0.15, 0.2) is 32.5 Å². The zero-order valence-electron chi connectivity index (χ0n) is 8.81. The molecule has 1 atom stereocenters. The molecule has 2 aromatic rings. The van der Waals surface area contributed by atoms with Gasteiger partial charge in [-0.25, -0.2) is 4.39 Å². The van der Waals surface area contributed by atoms with E-state index in [-0.39, 0.29) is 10.6 Å². The van der Waals surface area contributed by atoms with Crippen molar-refractivity contribution in [2.45, 2.75) is 11.8 Å². The smallest absolute Gasteiger partial charge is 0.129 e. The topological polar surface area (TPSA) is 0 Å². The lowest BCUT2D eigenvalue weighted by Gasteiger charge is -2.13. The van der Waals surface area contributed by atoms with E-state index in [4.69, 9.17) is 0 Å². The average molecular weight is 443 g/mol. The highest BCUT2D eigenvalue weighted by Gasteiger charge is 2.20. The minimum atomic E-state index is -0.206. The summed E-state index contributed by atoms with van der Waals surface area (Å²) in [6.45, 7) is 2.04. The summed E-state index contributed by atoms with van der Waals surface area (Å²) in [4.78, 5) is 1.04. The van der Waals surface area contributed by atoms with Crippen molar-refractivity contribution in [1.82, 2.24) is 0 Å². The van der Waals surface area contributed by atoms with Crippen LogP contribution in [0.1, 0.15) is 20.8 Å². The summed E-state index contributed by atoms with van der Waals surface area (Å²) in [6.07, 6.45) is 0. The molecule has 0 fully saturated rings. The van der Waals surface area contributed by atoms with Gasteiger partial charge in [0.1, 0.15) is 5.82 Å². The number of aryl methyl sites for hydroxylation is 1. The Hall–Kier alpha value is 0.290. The third kappa shape index (κ3) is 2.83. The second-order valence-electron chi connectivity index (χ2n) is 3.56. The molecule has 1 heterocycles. The van der Waals surface area contributed by atoms with Crippen molar-refractivity contribution in [1.29, 1.82) is 0 Å². The fraction of sp³-hybridized carbons (Fsp3) is 0.167. The van der Waals surface area contributed by atoms with Gasteiger partial charge in [-0.05, 0) is 46.6 Å². The normalized spacial score (nSPS) is 12.8. The predicted molar refractivity (Wildman–Crippen MR) is 81.6 cm³/mol. The Morgan fingerprint density at radius 3 is 2.53 bits per heavy atom. The number of benzene rings is 1. The Balaban J connectivity index is 2.51. The Labute approximate surface area is 129 Å². The van der Waals surface area contributed by atoms with Gasteiger partial charge in [0, 0.05) is 14.9 Å². The van der Waals surface area contributed by atoms with Crippen molar-refractivity contribution >= 4 is 59.1 Å². The third-order valence-corrected chi connectivity index (χ3v) is 5.66. The van der Waals surface area contributed by atoms with Crippen LogP contribution in [0.3, 0.4) is 0 Å². The van der Waals surface area contributed by atoms with Crippen molar-refractivity contribution < 1.29 is 4.39 Å². The third-order valence-electron chi connectivity index (χ3n) is 2.45. The Morgan fingerprint density at radius 1 is 1.29 bits per heavy atom. The van der Waals surface area contributed by atoms with E-state index in [0.717, 1.165) is 13.8 Å². The van der Waals surface area contributed by atoms with E-state index in [1.54, 1.807) is 17.4 Å². The van der Waals surface area contributed by atoms with Gasteiger partial charge >= 0.3 is 0 Å². The number of hydrogen-bond donors (Lipinski definition) is 0. The lowest BCUT2D eigenvalue weighted by atomic mass is 10.1. The van der Waals surface area contributed by atoms with Crippen LogP contribution in [-0.2, 0) is 0 Å². The van der Waals surface area contributed by atoms with Crippen molar-refractivity contribution in [2.24, 2.45) is 0 Å². The van der Waals surface area contributed by atoms with Gasteiger partial charge in [0.25, 0.3) is 0 Å². The van der Waals surface area contributed by atoms with Crippen LogP contribution >= 0.6 is 59.1 Å². The van der Waals surface area contributed by atoms with Gasteiger partial charge < -0.3 is 0 Å². The van der Waals surface area contributed by atoms with E-state index in [1.165, 1.54) is 10.9 Å². The van der Waals surface area contributed by atoms with Gasteiger partial charge in [0.2, 0.25) is 0 Å². The maximum atomic E-state index is 13.9. The molecule has 0 radical (unpaired) electrons. The summed E-state index contributed by atoms with van der Waals surface area (Å²) in [7, 11) is 0. The minimum absolute atomic E-state index is 0.138. The highest BCUT2D eigenvalue weighted by atomic mass is 79.9. The van der Waals surface area contributed by atoms with Gasteiger partial charge in [0.15, 0.2) is 0 Å². The molecule has 0 aliphatic carbocycles. The van der Waals surface area contributed by atoms with E-state index < -0.39 is 0 Å². The molecule has 1 aromatic carbocycles. The van der Waals surface area contributed by atoms with Crippen molar-refractivity contribution in [3.63, 3.8) is 0 Å². The monoisotopic (exact) mass is 440 g/mol. The molecule has 0 saturated carbocycles. The molecule has 0 aliphatic heterocycles. The summed E-state index contributed by atoms with van der Waals surface area (Å²) in [5.41, 5.74) is 1.73. The summed E-state index contributed by atoms with van der Waals surface area (Å²) in [5.74, 6) is -0.206. The highest BCUT2D eigenvalue weighted by molar-refractivity contribution is 9.11. The van der Waals surface area contributed by atoms with Gasteiger partial charge in [-0.1, -0.05) is 37.9 Å². The maximum Gasteiger partial charge on any atom is 0.129 e.